The maximum absolute atomic E-state index is 13.1. The van der Waals surface area contributed by atoms with E-state index in [1.165, 1.54) is 30.1 Å². The van der Waals surface area contributed by atoms with Crippen molar-refractivity contribution in [1.82, 2.24) is 9.80 Å². The summed E-state index contributed by atoms with van der Waals surface area (Å²) in [7, 11) is 1.47. The zero-order chi connectivity index (χ0) is 22.4. The van der Waals surface area contributed by atoms with Crippen molar-refractivity contribution < 1.29 is 22.8 Å². The molecule has 1 aliphatic rings. The monoisotopic (exact) mass is 434 g/mol. The smallest absolute Gasteiger partial charge is 0.369 e. The molecule has 2 amide bonds. The molecule has 31 heavy (non-hydrogen) atoms. The number of hydrogen-bond acceptors (Lipinski definition) is 4. The van der Waals surface area contributed by atoms with Gasteiger partial charge >= 0.3 is 6.18 Å². The molecule has 9 heteroatoms. The van der Waals surface area contributed by atoms with E-state index in [4.69, 9.17) is 0 Å². The lowest BCUT2D eigenvalue weighted by Crippen LogP contribution is -2.50. The molecule has 1 aliphatic heterocycles. The summed E-state index contributed by atoms with van der Waals surface area (Å²) >= 11 is 0. The first-order valence-electron chi connectivity index (χ1n) is 9.96. The van der Waals surface area contributed by atoms with E-state index in [0.717, 1.165) is 24.8 Å². The van der Waals surface area contributed by atoms with E-state index in [1.807, 2.05) is 35.2 Å². The number of alkyl halides is 3. The molecule has 1 saturated heterocycles. The van der Waals surface area contributed by atoms with Gasteiger partial charge in [0.1, 0.15) is 0 Å². The molecule has 166 valence electrons. The average Bonchev–Trinajstić information content (AvgIpc) is 2.74. The molecule has 1 fully saturated rings. The standard InChI is InChI=1S/C22H25F3N4O2/c1-27(15-20(30)26-19-10-6-5-9-18(19)22(23,24)25)21(31)16-28-11-13-29(14-12-28)17-7-3-2-4-8-17/h2-10H,11-16H2,1H3,(H,26,30). The summed E-state index contributed by atoms with van der Waals surface area (Å²) in [5, 5.41) is 2.26. The molecule has 0 aliphatic carbocycles. The maximum Gasteiger partial charge on any atom is 0.418 e. The molecule has 0 spiro atoms. The van der Waals surface area contributed by atoms with Crippen molar-refractivity contribution in [3.05, 3.63) is 60.2 Å². The SMILES string of the molecule is CN(CC(=O)Nc1ccccc1C(F)(F)F)C(=O)CN1CCN(c2ccccc2)CC1. The van der Waals surface area contributed by atoms with Crippen molar-refractivity contribution in [2.45, 2.75) is 6.18 Å². The van der Waals surface area contributed by atoms with E-state index < -0.39 is 17.6 Å². The second kappa shape index (κ2) is 9.82. The van der Waals surface area contributed by atoms with Crippen molar-refractivity contribution >= 4 is 23.2 Å². The normalized spacial score (nSPS) is 14.9. The van der Waals surface area contributed by atoms with E-state index in [2.05, 4.69) is 10.2 Å². The second-order valence-electron chi connectivity index (χ2n) is 7.44. The van der Waals surface area contributed by atoms with Gasteiger partial charge in [0.15, 0.2) is 0 Å². The van der Waals surface area contributed by atoms with Gasteiger partial charge in [0.2, 0.25) is 11.8 Å². The largest absolute Gasteiger partial charge is 0.418 e. The minimum Gasteiger partial charge on any atom is -0.369 e. The number of carbonyl (C=O) groups excluding carboxylic acids is 2. The van der Waals surface area contributed by atoms with Crippen LogP contribution in [-0.4, -0.2) is 67.9 Å². The third-order valence-corrected chi connectivity index (χ3v) is 5.17. The van der Waals surface area contributed by atoms with Gasteiger partial charge in [0.25, 0.3) is 0 Å². The summed E-state index contributed by atoms with van der Waals surface area (Å²) in [5.41, 5.74) is -0.104. The van der Waals surface area contributed by atoms with Crippen molar-refractivity contribution in [2.24, 2.45) is 0 Å². The predicted octanol–water partition coefficient (Wildman–Crippen LogP) is 2.92. The van der Waals surface area contributed by atoms with Crippen LogP contribution in [0.15, 0.2) is 54.6 Å². The molecular formula is C22H25F3N4O2. The molecule has 1 N–H and O–H groups in total. The molecule has 0 saturated carbocycles. The molecule has 0 bridgehead atoms. The van der Waals surface area contributed by atoms with E-state index in [0.29, 0.717) is 13.1 Å². The lowest BCUT2D eigenvalue weighted by molar-refractivity contribution is -0.137. The molecule has 2 aromatic rings. The van der Waals surface area contributed by atoms with Crippen molar-refractivity contribution in [3.8, 4) is 0 Å². The average molecular weight is 434 g/mol. The van der Waals surface area contributed by atoms with Gasteiger partial charge in [-0.25, -0.2) is 0 Å². The number of halogens is 3. The number of hydrogen-bond donors (Lipinski definition) is 1. The van der Waals surface area contributed by atoms with E-state index in [-0.39, 0.29) is 24.7 Å². The van der Waals surface area contributed by atoms with Crippen LogP contribution in [0.25, 0.3) is 0 Å². The lowest BCUT2D eigenvalue weighted by atomic mass is 10.1. The Labute approximate surface area is 179 Å². The Hall–Kier alpha value is -3.07. The fraction of sp³-hybridized carbons (Fsp3) is 0.364. The molecule has 2 aromatic carbocycles. The number of rotatable bonds is 6. The number of carbonyl (C=O) groups is 2. The Kier molecular flexibility index (Phi) is 7.17. The van der Waals surface area contributed by atoms with Crippen LogP contribution in [0.1, 0.15) is 5.56 Å². The highest BCUT2D eigenvalue weighted by Gasteiger charge is 2.33. The van der Waals surface area contributed by atoms with Crippen molar-refractivity contribution in [2.75, 3.05) is 56.5 Å². The fourth-order valence-corrected chi connectivity index (χ4v) is 3.45. The molecule has 3 rings (SSSR count). The first-order chi connectivity index (χ1) is 14.7. The first kappa shape index (κ1) is 22.6. The van der Waals surface area contributed by atoms with Crippen LogP contribution in [0.4, 0.5) is 24.5 Å². The topological polar surface area (TPSA) is 55.9 Å². The van der Waals surface area contributed by atoms with E-state index >= 15 is 0 Å². The zero-order valence-corrected chi connectivity index (χ0v) is 17.2. The quantitative estimate of drug-likeness (QED) is 0.760. The Bertz CT molecular complexity index is 897. The van der Waals surface area contributed by atoms with Gasteiger partial charge in [-0.3, -0.25) is 14.5 Å². The molecule has 0 unspecified atom stereocenters. The molecule has 1 heterocycles. The summed E-state index contributed by atoms with van der Waals surface area (Å²) in [4.78, 5) is 30.2. The van der Waals surface area contributed by atoms with Crippen molar-refractivity contribution in [3.63, 3.8) is 0 Å². The van der Waals surface area contributed by atoms with Gasteiger partial charge in [0.05, 0.1) is 24.3 Å². The summed E-state index contributed by atoms with van der Waals surface area (Å²) < 4.78 is 39.2. The molecule has 6 nitrogen and oxygen atoms in total. The van der Waals surface area contributed by atoms with E-state index in [9.17, 15) is 22.8 Å². The number of anilines is 2. The zero-order valence-electron chi connectivity index (χ0n) is 17.2. The van der Waals surface area contributed by atoms with Gasteiger partial charge in [0, 0.05) is 38.9 Å². The highest BCUT2D eigenvalue weighted by atomic mass is 19.4. The van der Waals surface area contributed by atoms with Gasteiger partial charge in [-0.1, -0.05) is 30.3 Å². The van der Waals surface area contributed by atoms with Crippen LogP contribution in [0, 0.1) is 0 Å². The summed E-state index contributed by atoms with van der Waals surface area (Å²) in [6.07, 6.45) is -4.58. The Morgan fingerprint density at radius 3 is 2.23 bits per heavy atom. The van der Waals surface area contributed by atoms with Gasteiger partial charge in [-0.2, -0.15) is 13.2 Å². The Morgan fingerprint density at radius 1 is 0.968 bits per heavy atom. The number of para-hydroxylation sites is 2. The van der Waals surface area contributed by atoms with Crippen LogP contribution < -0.4 is 10.2 Å². The van der Waals surface area contributed by atoms with Gasteiger partial charge < -0.3 is 15.1 Å². The highest BCUT2D eigenvalue weighted by Crippen LogP contribution is 2.34. The van der Waals surface area contributed by atoms with Crippen molar-refractivity contribution in [1.29, 1.82) is 0 Å². The molecule has 0 aromatic heterocycles. The lowest BCUT2D eigenvalue weighted by Gasteiger charge is -2.36. The highest BCUT2D eigenvalue weighted by molar-refractivity contribution is 5.95. The Balaban J connectivity index is 1.47. The minimum atomic E-state index is -4.58. The first-order valence-corrected chi connectivity index (χ1v) is 9.96. The van der Waals surface area contributed by atoms with E-state index in [1.54, 1.807) is 0 Å². The molecular weight excluding hydrogens is 409 g/mol. The summed E-state index contributed by atoms with van der Waals surface area (Å²) in [5.74, 6) is -0.936. The number of nitrogens with one attached hydrogen (secondary N) is 1. The number of benzene rings is 2. The maximum atomic E-state index is 13.1. The third-order valence-electron chi connectivity index (χ3n) is 5.17. The molecule has 0 atom stereocenters. The van der Waals surface area contributed by atoms with Crippen LogP contribution >= 0.6 is 0 Å². The summed E-state index contributed by atoms with van der Waals surface area (Å²) in [6.45, 7) is 2.82. The number of amides is 2. The minimum absolute atomic E-state index is 0.158. The number of piperazine rings is 1. The second-order valence-corrected chi connectivity index (χ2v) is 7.44. The van der Waals surface area contributed by atoms with Crippen LogP contribution in [-0.2, 0) is 15.8 Å². The van der Waals surface area contributed by atoms with Crippen LogP contribution in [0.2, 0.25) is 0 Å². The molecule has 0 radical (unpaired) electrons. The number of likely N-dealkylation sites (N-methyl/N-ethyl adjacent to an activating group) is 1. The fourth-order valence-electron chi connectivity index (χ4n) is 3.45. The third kappa shape index (κ3) is 6.21. The number of nitrogens with zero attached hydrogens (tertiary/aromatic N) is 3. The van der Waals surface area contributed by atoms with Crippen LogP contribution in [0.3, 0.4) is 0 Å². The van der Waals surface area contributed by atoms with Crippen LogP contribution in [0.5, 0.6) is 0 Å². The van der Waals surface area contributed by atoms with Gasteiger partial charge in [-0.15, -0.1) is 0 Å². The Morgan fingerprint density at radius 2 is 1.58 bits per heavy atom. The van der Waals surface area contributed by atoms with Gasteiger partial charge in [-0.05, 0) is 24.3 Å². The summed E-state index contributed by atoms with van der Waals surface area (Å²) in [6, 6.07) is 14.8. The predicted molar refractivity (Wildman–Crippen MR) is 113 cm³/mol.